The molecule has 0 aliphatic carbocycles. The molecular weight excluding hydrogens is 206 g/mol. The molecule has 1 saturated heterocycles. The minimum absolute atomic E-state index is 0.864. The van der Waals surface area contributed by atoms with Gasteiger partial charge in [0.05, 0.1) is 6.20 Å². The van der Waals surface area contributed by atoms with Crippen LogP contribution in [0.1, 0.15) is 19.3 Å². The molecule has 0 saturated carbocycles. The van der Waals surface area contributed by atoms with Gasteiger partial charge in [-0.3, -0.25) is 4.98 Å². The maximum atomic E-state index is 4.25. The predicted octanol–water partition coefficient (Wildman–Crippen LogP) is 1.96. The summed E-state index contributed by atoms with van der Waals surface area (Å²) in [6, 6.07) is 0. The van der Waals surface area contributed by atoms with Crippen molar-refractivity contribution in [2.24, 2.45) is 5.92 Å². The lowest BCUT2D eigenvalue weighted by Gasteiger charge is -2.22. The Bertz CT molecular complexity index is 272. The van der Waals surface area contributed by atoms with Crippen LogP contribution in [0.5, 0.6) is 0 Å². The third-order valence-corrected chi connectivity index (χ3v) is 3.66. The van der Waals surface area contributed by atoms with Crippen molar-refractivity contribution in [3.63, 3.8) is 0 Å². The van der Waals surface area contributed by atoms with Crippen molar-refractivity contribution in [2.75, 3.05) is 18.8 Å². The molecule has 1 aromatic heterocycles. The van der Waals surface area contributed by atoms with Crippen LogP contribution in [0.15, 0.2) is 23.6 Å². The molecule has 1 aliphatic rings. The number of piperidine rings is 1. The van der Waals surface area contributed by atoms with Gasteiger partial charge < -0.3 is 5.32 Å². The maximum absolute atomic E-state index is 4.25. The number of hydrogen-bond acceptors (Lipinski definition) is 4. The third kappa shape index (κ3) is 3.80. The van der Waals surface area contributed by atoms with E-state index in [1.54, 1.807) is 12.4 Å². The molecule has 1 N–H and O–H groups in total. The van der Waals surface area contributed by atoms with E-state index in [0.717, 1.165) is 16.7 Å². The molecule has 0 aromatic carbocycles. The second-order valence-electron chi connectivity index (χ2n) is 3.89. The summed E-state index contributed by atoms with van der Waals surface area (Å²) in [6.45, 7) is 2.40. The summed E-state index contributed by atoms with van der Waals surface area (Å²) >= 11 is 1.81. The van der Waals surface area contributed by atoms with E-state index in [-0.39, 0.29) is 0 Å². The Morgan fingerprint density at radius 2 is 2.47 bits per heavy atom. The average molecular weight is 223 g/mol. The summed E-state index contributed by atoms with van der Waals surface area (Å²) in [5.41, 5.74) is 0. The van der Waals surface area contributed by atoms with Crippen molar-refractivity contribution in [3.8, 4) is 0 Å². The lowest BCUT2D eigenvalue weighted by molar-refractivity contribution is 0.371. The van der Waals surface area contributed by atoms with Gasteiger partial charge in [-0.25, -0.2) is 4.98 Å². The van der Waals surface area contributed by atoms with Crippen molar-refractivity contribution in [1.82, 2.24) is 15.3 Å². The van der Waals surface area contributed by atoms with E-state index in [0.29, 0.717) is 0 Å². The second kappa shape index (κ2) is 6.08. The quantitative estimate of drug-likeness (QED) is 0.792. The average Bonchev–Trinajstić information content (AvgIpc) is 2.32. The minimum Gasteiger partial charge on any atom is -0.316 e. The van der Waals surface area contributed by atoms with Gasteiger partial charge in [0.2, 0.25) is 0 Å². The Balaban J connectivity index is 1.66. The Labute approximate surface area is 95.1 Å². The van der Waals surface area contributed by atoms with E-state index in [1.165, 1.54) is 32.4 Å². The summed E-state index contributed by atoms with van der Waals surface area (Å²) in [5.74, 6) is 2.02. The summed E-state index contributed by atoms with van der Waals surface area (Å²) in [6.07, 6.45) is 9.31. The molecule has 1 aliphatic heterocycles. The maximum Gasteiger partial charge on any atom is 0.114 e. The van der Waals surface area contributed by atoms with Gasteiger partial charge in [0.15, 0.2) is 0 Å². The van der Waals surface area contributed by atoms with Gasteiger partial charge >= 0.3 is 0 Å². The van der Waals surface area contributed by atoms with Crippen molar-refractivity contribution < 1.29 is 0 Å². The molecule has 2 rings (SSSR count). The first kappa shape index (κ1) is 10.9. The molecule has 4 heteroatoms. The third-order valence-electron chi connectivity index (χ3n) is 2.71. The van der Waals surface area contributed by atoms with Gasteiger partial charge in [0.1, 0.15) is 5.03 Å². The highest BCUT2D eigenvalue weighted by atomic mass is 32.2. The molecule has 3 nitrogen and oxygen atoms in total. The Hall–Kier alpha value is -0.610. The molecule has 0 bridgehead atoms. The first-order valence-corrected chi connectivity index (χ1v) is 6.53. The van der Waals surface area contributed by atoms with Crippen molar-refractivity contribution in [2.45, 2.75) is 24.3 Å². The monoisotopic (exact) mass is 223 g/mol. The molecule has 0 spiro atoms. The zero-order valence-corrected chi connectivity index (χ0v) is 9.67. The van der Waals surface area contributed by atoms with E-state index >= 15 is 0 Å². The van der Waals surface area contributed by atoms with Crippen molar-refractivity contribution in [1.29, 1.82) is 0 Å². The van der Waals surface area contributed by atoms with E-state index in [9.17, 15) is 0 Å². The lowest BCUT2D eigenvalue weighted by Crippen LogP contribution is -2.29. The van der Waals surface area contributed by atoms with Crippen LogP contribution in [0.4, 0.5) is 0 Å². The van der Waals surface area contributed by atoms with E-state index < -0.39 is 0 Å². The topological polar surface area (TPSA) is 37.8 Å². The standard InChI is InChI=1S/C11H17N3S/c1-2-10(8-12-4-1)3-7-15-11-9-13-5-6-14-11/h5-6,9-10,12H,1-4,7-8H2. The second-order valence-corrected chi connectivity index (χ2v) is 5.01. The van der Waals surface area contributed by atoms with Gasteiger partial charge in [-0.2, -0.15) is 0 Å². The first-order chi connectivity index (χ1) is 7.45. The fourth-order valence-corrected chi connectivity index (χ4v) is 2.79. The van der Waals surface area contributed by atoms with Crippen LogP contribution >= 0.6 is 11.8 Å². The zero-order chi connectivity index (χ0) is 10.3. The Morgan fingerprint density at radius 3 is 3.20 bits per heavy atom. The van der Waals surface area contributed by atoms with Crippen LogP contribution < -0.4 is 5.32 Å². The molecule has 0 amide bonds. The largest absolute Gasteiger partial charge is 0.316 e. The number of nitrogens with one attached hydrogen (secondary N) is 1. The molecule has 1 unspecified atom stereocenters. The van der Waals surface area contributed by atoms with Gasteiger partial charge in [0.25, 0.3) is 0 Å². The van der Waals surface area contributed by atoms with Crippen LogP contribution in [0.25, 0.3) is 0 Å². The fourth-order valence-electron chi connectivity index (χ4n) is 1.86. The number of rotatable bonds is 4. The summed E-state index contributed by atoms with van der Waals surface area (Å²) < 4.78 is 0. The molecule has 82 valence electrons. The van der Waals surface area contributed by atoms with Crippen LogP contribution in [0.2, 0.25) is 0 Å². The lowest BCUT2D eigenvalue weighted by atomic mass is 9.97. The normalized spacial score (nSPS) is 21.5. The first-order valence-electron chi connectivity index (χ1n) is 5.54. The smallest absolute Gasteiger partial charge is 0.114 e. The Morgan fingerprint density at radius 1 is 1.47 bits per heavy atom. The minimum atomic E-state index is 0.864. The SMILES string of the molecule is c1cnc(SCCC2CCCNC2)cn1. The van der Waals surface area contributed by atoms with E-state index in [1.807, 2.05) is 18.0 Å². The van der Waals surface area contributed by atoms with Gasteiger partial charge in [-0.15, -0.1) is 11.8 Å². The number of nitrogens with zero attached hydrogens (tertiary/aromatic N) is 2. The summed E-state index contributed by atoms with van der Waals surface area (Å²) in [7, 11) is 0. The number of aromatic nitrogens is 2. The highest BCUT2D eigenvalue weighted by Crippen LogP contribution is 2.20. The van der Waals surface area contributed by atoms with Crippen LogP contribution in [-0.4, -0.2) is 28.8 Å². The molecule has 1 aromatic rings. The Kier molecular flexibility index (Phi) is 4.41. The van der Waals surface area contributed by atoms with Crippen LogP contribution in [0, 0.1) is 5.92 Å². The number of thioether (sulfide) groups is 1. The summed E-state index contributed by atoms with van der Waals surface area (Å²) in [5, 5.41) is 4.49. The molecule has 15 heavy (non-hydrogen) atoms. The molecule has 0 radical (unpaired) electrons. The molecule has 1 fully saturated rings. The molecule has 1 atom stereocenters. The van der Waals surface area contributed by atoms with Gasteiger partial charge in [0, 0.05) is 12.4 Å². The van der Waals surface area contributed by atoms with Crippen LogP contribution in [0.3, 0.4) is 0 Å². The predicted molar refractivity (Wildman–Crippen MR) is 63.0 cm³/mol. The zero-order valence-electron chi connectivity index (χ0n) is 8.85. The molecule has 2 heterocycles. The van der Waals surface area contributed by atoms with E-state index in [2.05, 4.69) is 15.3 Å². The highest BCUT2D eigenvalue weighted by molar-refractivity contribution is 7.99. The van der Waals surface area contributed by atoms with E-state index in [4.69, 9.17) is 0 Å². The summed E-state index contributed by atoms with van der Waals surface area (Å²) in [4.78, 5) is 8.30. The van der Waals surface area contributed by atoms with Gasteiger partial charge in [-0.1, -0.05) is 0 Å². The fraction of sp³-hybridized carbons (Fsp3) is 0.636. The molecular formula is C11H17N3S. The number of hydrogen-bond donors (Lipinski definition) is 1. The highest BCUT2D eigenvalue weighted by Gasteiger charge is 2.12. The van der Waals surface area contributed by atoms with Crippen molar-refractivity contribution in [3.05, 3.63) is 18.6 Å². The van der Waals surface area contributed by atoms with Gasteiger partial charge in [-0.05, 0) is 44.0 Å². The van der Waals surface area contributed by atoms with Crippen molar-refractivity contribution >= 4 is 11.8 Å². The van der Waals surface area contributed by atoms with Crippen LogP contribution in [-0.2, 0) is 0 Å².